The molecule has 1 unspecified atom stereocenters. The zero-order chi connectivity index (χ0) is 20.4. The molecule has 2 saturated heterocycles. The fourth-order valence-electron chi connectivity index (χ4n) is 3.55. The van der Waals surface area contributed by atoms with Crippen molar-refractivity contribution in [2.75, 3.05) is 43.5 Å². The van der Waals surface area contributed by atoms with Gasteiger partial charge in [-0.05, 0) is 31.5 Å². The summed E-state index contributed by atoms with van der Waals surface area (Å²) in [5.74, 6) is 1.47. The predicted octanol–water partition coefficient (Wildman–Crippen LogP) is 2.26. The van der Waals surface area contributed by atoms with Crippen LogP contribution in [0.3, 0.4) is 0 Å². The molecule has 2 aliphatic rings. The zero-order valence-corrected chi connectivity index (χ0v) is 16.9. The molecule has 2 fully saturated rings. The van der Waals surface area contributed by atoms with E-state index in [2.05, 4.69) is 21.8 Å². The number of nitrogens with zero attached hydrogens (tertiary/aromatic N) is 3. The Morgan fingerprint density at radius 2 is 2.17 bits per heavy atom. The van der Waals surface area contributed by atoms with Crippen molar-refractivity contribution in [1.29, 1.82) is 5.41 Å². The van der Waals surface area contributed by atoms with Crippen molar-refractivity contribution in [3.63, 3.8) is 0 Å². The third kappa shape index (κ3) is 4.04. The van der Waals surface area contributed by atoms with Gasteiger partial charge in [-0.3, -0.25) is 5.41 Å². The molecule has 2 aromatic rings. The fraction of sp³-hybridized carbons (Fsp3) is 0.476. The van der Waals surface area contributed by atoms with E-state index in [0.29, 0.717) is 42.5 Å². The maximum absolute atomic E-state index is 8.70. The number of nitrogens with one attached hydrogen (secondary N) is 1. The Labute approximate surface area is 170 Å². The van der Waals surface area contributed by atoms with Crippen LogP contribution >= 0.6 is 0 Å². The Morgan fingerprint density at radius 1 is 1.34 bits per heavy atom. The predicted molar refractivity (Wildman–Crippen MR) is 111 cm³/mol. The van der Waals surface area contributed by atoms with Crippen molar-refractivity contribution in [2.24, 2.45) is 0 Å². The Hall–Kier alpha value is -2.71. The molecule has 29 heavy (non-hydrogen) atoms. The molecular formula is C21H27N5O3. The largest absolute Gasteiger partial charge is 0.482 e. The smallest absolute Gasteiger partial charge is 0.155 e. The van der Waals surface area contributed by atoms with Gasteiger partial charge in [-0.1, -0.05) is 6.92 Å². The number of nitrogens with two attached hydrogens (primary N) is 1. The Balaban J connectivity index is 1.58. The average molecular weight is 397 g/mol. The van der Waals surface area contributed by atoms with E-state index in [1.807, 2.05) is 25.1 Å². The summed E-state index contributed by atoms with van der Waals surface area (Å²) in [6, 6.07) is 7.25. The molecule has 3 N–H and O–H groups in total. The summed E-state index contributed by atoms with van der Waals surface area (Å²) in [6.45, 7) is 7.46. The number of aromatic nitrogens is 2. The molecule has 8 nitrogen and oxygen atoms in total. The molecule has 1 atom stereocenters. The van der Waals surface area contributed by atoms with E-state index in [-0.39, 0.29) is 17.4 Å². The summed E-state index contributed by atoms with van der Waals surface area (Å²) >= 11 is 0. The summed E-state index contributed by atoms with van der Waals surface area (Å²) in [5.41, 5.74) is 7.76. The molecule has 0 amide bonds. The van der Waals surface area contributed by atoms with E-state index in [9.17, 15) is 0 Å². The molecule has 8 heteroatoms. The molecule has 0 aliphatic carbocycles. The molecular weight excluding hydrogens is 370 g/mol. The highest BCUT2D eigenvalue weighted by Gasteiger charge is 2.39. The molecule has 3 heterocycles. The Kier molecular flexibility index (Phi) is 5.38. The van der Waals surface area contributed by atoms with Gasteiger partial charge in [0.1, 0.15) is 17.9 Å². The second-order valence-corrected chi connectivity index (χ2v) is 7.64. The number of ether oxygens (including phenoxy) is 3. The van der Waals surface area contributed by atoms with E-state index in [1.165, 1.54) is 6.33 Å². The van der Waals surface area contributed by atoms with Crippen LogP contribution in [0.15, 0.2) is 30.6 Å². The fourth-order valence-corrected chi connectivity index (χ4v) is 3.55. The molecule has 1 aromatic heterocycles. The number of morpholine rings is 1. The van der Waals surface area contributed by atoms with Gasteiger partial charge in [0, 0.05) is 30.4 Å². The molecule has 1 aromatic carbocycles. The third-order valence-electron chi connectivity index (χ3n) is 5.48. The van der Waals surface area contributed by atoms with Crippen LogP contribution in [-0.2, 0) is 9.47 Å². The number of nitrogen functional groups attached to an aromatic ring is 1. The average Bonchev–Trinajstić information content (AvgIpc) is 2.71. The van der Waals surface area contributed by atoms with Crippen molar-refractivity contribution in [1.82, 2.24) is 9.97 Å². The van der Waals surface area contributed by atoms with Crippen LogP contribution in [-0.4, -0.2) is 60.3 Å². The maximum Gasteiger partial charge on any atom is 0.155 e. The molecule has 0 saturated carbocycles. The topological polar surface area (TPSA) is 107 Å². The van der Waals surface area contributed by atoms with Gasteiger partial charge in [0.2, 0.25) is 0 Å². The van der Waals surface area contributed by atoms with Gasteiger partial charge in [0.05, 0.1) is 37.3 Å². The first kappa shape index (κ1) is 19.6. The Morgan fingerprint density at radius 3 is 2.86 bits per heavy atom. The van der Waals surface area contributed by atoms with Gasteiger partial charge >= 0.3 is 0 Å². The van der Waals surface area contributed by atoms with Gasteiger partial charge < -0.3 is 24.8 Å². The quantitative estimate of drug-likeness (QED) is 0.569. The van der Waals surface area contributed by atoms with Crippen LogP contribution in [0.5, 0.6) is 5.75 Å². The first-order valence-electron chi connectivity index (χ1n) is 9.94. The summed E-state index contributed by atoms with van der Waals surface area (Å²) in [7, 11) is 0. The SMILES string of the molecule is CCC1(Oc2ccc(N)c(C(=N)c3cc(N4CCOC(C)C4)ncn3)c2)COC1. The van der Waals surface area contributed by atoms with Crippen LogP contribution in [0, 0.1) is 5.41 Å². The normalized spacial score (nSPS) is 20.8. The Bertz CT molecular complexity index is 894. The minimum Gasteiger partial charge on any atom is -0.482 e. The third-order valence-corrected chi connectivity index (χ3v) is 5.48. The summed E-state index contributed by atoms with van der Waals surface area (Å²) in [4.78, 5) is 10.8. The zero-order valence-electron chi connectivity index (χ0n) is 16.9. The van der Waals surface area contributed by atoms with Gasteiger partial charge in [0.15, 0.2) is 5.60 Å². The van der Waals surface area contributed by atoms with Crippen LogP contribution in [0.4, 0.5) is 11.5 Å². The van der Waals surface area contributed by atoms with Crippen molar-refractivity contribution in [3.05, 3.63) is 41.9 Å². The lowest BCUT2D eigenvalue weighted by atomic mass is 9.98. The lowest BCUT2D eigenvalue weighted by Gasteiger charge is -2.40. The number of hydrogen-bond donors (Lipinski definition) is 2. The van der Waals surface area contributed by atoms with Crippen molar-refractivity contribution < 1.29 is 14.2 Å². The molecule has 154 valence electrons. The van der Waals surface area contributed by atoms with Gasteiger partial charge in [-0.2, -0.15) is 0 Å². The number of anilines is 2. The summed E-state index contributed by atoms with van der Waals surface area (Å²) < 4.78 is 17.1. The lowest BCUT2D eigenvalue weighted by Crippen LogP contribution is -2.53. The molecule has 0 bridgehead atoms. The second kappa shape index (κ2) is 7.96. The number of rotatable bonds is 6. The highest BCUT2D eigenvalue weighted by molar-refractivity contribution is 6.13. The standard InChI is InChI=1S/C21H27N5O3/c1-3-21(11-27-12-21)29-15-4-5-17(22)16(8-15)20(23)18-9-19(25-13-24-18)26-6-7-28-14(2)10-26/h4-5,8-9,13-14,23H,3,6-7,10-12,22H2,1-2H3. The van der Waals surface area contributed by atoms with Gasteiger partial charge in [-0.25, -0.2) is 9.97 Å². The molecule has 0 radical (unpaired) electrons. The lowest BCUT2D eigenvalue weighted by molar-refractivity contribution is -0.162. The van der Waals surface area contributed by atoms with Crippen molar-refractivity contribution in [3.8, 4) is 5.75 Å². The maximum atomic E-state index is 8.70. The highest BCUT2D eigenvalue weighted by Crippen LogP contribution is 2.31. The van der Waals surface area contributed by atoms with Gasteiger partial charge in [-0.15, -0.1) is 0 Å². The van der Waals surface area contributed by atoms with E-state index >= 15 is 0 Å². The second-order valence-electron chi connectivity index (χ2n) is 7.64. The van der Waals surface area contributed by atoms with Crippen molar-refractivity contribution >= 4 is 17.2 Å². The van der Waals surface area contributed by atoms with Crippen LogP contribution < -0.4 is 15.4 Å². The first-order chi connectivity index (χ1) is 14.0. The number of benzene rings is 1. The van der Waals surface area contributed by atoms with Crippen LogP contribution in [0.2, 0.25) is 0 Å². The first-order valence-corrected chi connectivity index (χ1v) is 9.94. The van der Waals surface area contributed by atoms with E-state index in [4.69, 9.17) is 25.4 Å². The summed E-state index contributed by atoms with van der Waals surface area (Å²) in [6.07, 6.45) is 2.50. The highest BCUT2D eigenvalue weighted by atomic mass is 16.6. The monoisotopic (exact) mass is 397 g/mol. The summed E-state index contributed by atoms with van der Waals surface area (Å²) in [5, 5.41) is 8.70. The molecule has 2 aliphatic heterocycles. The van der Waals surface area contributed by atoms with Crippen LogP contribution in [0.25, 0.3) is 0 Å². The molecule has 4 rings (SSSR count). The minimum atomic E-state index is -0.287. The minimum absolute atomic E-state index is 0.146. The van der Waals surface area contributed by atoms with E-state index < -0.39 is 0 Å². The van der Waals surface area contributed by atoms with E-state index in [0.717, 1.165) is 25.3 Å². The van der Waals surface area contributed by atoms with E-state index in [1.54, 1.807) is 6.07 Å². The van der Waals surface area contributed by atoms with Crippen LogP contribution in [0.1, 0.15) is 31.5 Å². The van der Waals surface area contributed by atoms with Crippen molar-refractivity contribution in [2.45, 2.75) is 32.0 Å². The number of hydrogen-bond acceptors (Lipinski definition) is 8. The van der Waals surface area contributed by atoms with Gasteiger partial charge in [0.25, 0.3) is 0 Å². The molecule has 0 spiro atoms.